The molecule has 0 saturated heterocycles. The first-order valence-corrected chi connectivity index (χ1v) is 12.0. The van der Waals surface area contributed by atoms with E-state index in [-0.39, 0.29) is 10.8 Å². The molecule has 0 atom stereocenters. The quantitative estimate of drug-likeness (QED) is 0.469. The number of thioether (sulfide) groups is 1. The van der Waals surface area contributed by atoms with Gasteiger partial charge in [0, 0.05) is 26.6 Å². The van der Waals surface area contributed by atoms with Crippen molar-refractivity contribution in [3.8, 4) is 0 Å². The Kier molecular flexibility index (Phi) is 6.65. The minimum atomic E-state index is -3.51. The van der Waals surface area contributed by atoms with Gasteiger partial charge in [0.25, 0.3) is 0 Å². The highest BCUT2D eigenvalue weighted by Crippen LogP contribution is 2.29. The topological polar surface area (TPSA) is 94.1 Å². The van der Waals surface area contributed by atoms with Crippen LogP contribution in [0, 0.1) is 0 Å². The highest BCUT2D eigenvalue weighted by Gasteiger charge is 2.20. The second-order valence-corrected chi connectivity index (χ2v) is 10.4. The maximum atomic E-state index is 12.5. The zero-order valence-electron chi connectivity index (χ0n) is 17.4. The van der Waals surface area contributed by atoms with E-state index >= 15 is 0 Å². The molecule has 3 rings (SSSR count). The molecule has 2 heterocycles. The lowest BCUT2D eigenvalue weighted by atomic mass is 10.2. The fourth-order valence-electron chi connectivity index (χ4n) is 2.79. The molecule has 0 N–H and O–H groups in total. The standard InChI is InChI=1S/C19H27N5O3S2/c1-6-7-10-24-16-9-8-14(29(25,26)23(4)5)11-15(16)20-19(24)28-12-17-21-18(13(2)3)22-27-17/h8-9,11,13H,6-7,10,12H2,1-5H3. The van der Waals surface area contributed by atoms with Gasteiger partial charge < -0.3 is 9.09 Å². The predicted octanol–water partition coefficient (Wildman–Crippen LogP) is 3.89. The molecule has 1 aromatic carbocycles. The Balaban J connectivity index is 1.93. The summed E-state index contributed by atoms with van der Waals surface area (Å²) in [5, 5.41) is 4.82. The second-order valence-electron chi connectivity index (χ2n) is 7.33. The van der Waals surface area contributed by atoms with E-state index in [4.69, 9.17) is 9.51 Å². The van der Waals surface area contributed by atoms with Crippen LogP contribution in [0.3, 0.4) is 0 Å². The minimum absolute atomic E-state index is 0.212. The van der Waals surface area contributed by atoms with Gasteiger partial charge in [0.2, 0.25) is 15.9 Å². The molecule has 158 valence electrons. The van der Waals surface area contributed by atoms with E-state index in [0.29, 0.717) is 23.0 Å². The molecule has 3 aromatic rings. The number of hydrogen-bond acceptors (Lipinski definition) is 7. The third-order valence-electron chi connectivity index (χ3n) is 4.52. The Hall–Kier alpha value is -1.91. The molecule has 0 amide bonds. The molecule has 2 aromatic heterocycles. The van der Waals surface area contributed by atoms with E-state index in [2.05, 4.69) is 21.6 Å². The normalized spacial score (nSPS) is 12.5. The fourth-order valence-corrected chi connectivity index (χ4v) is 4.59. The molecule has 0 saturated carbocycles. The van der Waals surface area contributed by atoms with Gasteiger partial charge >= 0.3 is 0 Å². The lowest BCUT2D eigenvalue weighted by Crippen LogP contribution is -2.22. The van der Waals surface area contributed by atoms with Gasteiger partial charge in [0.05, 0.1) is 21.7 Å². The van der Waals surface area contributed by atoms with E-state index in [9.17, 15) is 8.42 Å². The Morgan fingerprint density at radius 2 is 2.00 bits per heavy atom. The maximum absolute atomic E-state index is 12.5. The van der Waals surface area contributed by atoms with Crippen LogP contribution in [0.25, 0.3) is 11.0 Å². The number of nitrogens with zero attached hydrogens (tertiary/aromatic N) is 5. The summed E-state index contributed by atoms with van der Waals surface area (Å²) in [5.74, 6) is 1.98. The summed E-state index contributed by atoms with van der Waals surface area (Å²) in [7, 11) is -0.457. The van der Waals surface area contributed by atoms with E-state index in [0.717, 1.165) is 30.1 Å². The van der Waals surface area contributed by atoms with Gasteiger partial charge in [-0.05, 0) is 24.6 Å². The minimum Gasteiger partial charge on any atom is -0.338 e. The van der Waals surface area contributed by atoms with Crippen LogP contribution in [0.2, 0.25) is 0 Å². The van der Waals surface area contributed by atoms with Crippen LogP contribution >= 0.6 is 11.8 Å². The number of fused-ring (bicyclic) bond motifs is 1. The highest BCUT2D eigenvalue weighted by molar-refractivity contribution is 7.98. The van der Waals surface area contributed by atoms with E-state index < -0.39 is 10.0 Å². The summed E-state index contributed by atoms with van der Waals surface area (Å²) in [6, 6.07) is 5.12. The van der Waals surface area contributed by atoms with Crippen LogP contribution in [-0.4, -0.2) is 46.5 Å². The number of sulfonamides is 1. The molecule has 8 nitrogen and oxygen atoms in total. The molecular formula is C19H27N5O3S2. The van der Waals surface area contributed by atoms with Gasteiger partial charge in [0.1, 0.15) is 0 Å². The van der Waals surface area contributed by atoms with Gasteiger partial charge in [-0.25, -0.2) is 17.7 Å². The molecule has 10 heteroatoms. The molecule has 0 radical (unpaired) electrons. The zero-order chi connectivity index (χ0) is 21.2. The van der Waals surface area contributed by atoms with Crippen molar-refractivity contribution >= 4 is 32.8 Å². The second kappa shape index (κ2) is 8.85. The molecular weight excluding hydrogens is 410 g/mol. The molecule has 0 spiro atoms. The van der Waals surface area contributed by atoms with Crippen molar-refractivity contribution in [3.63, 3.8) is 0 Å². The molecule has 0 fully saturated rings. The van der Waals surface area contributed by atoms with Gasteiger partial charge in [-0.3, -0.25) is 0 Å². The monoisotopic (exact) mass is 437 g/mol. The highest BCUT2D eigenvalue weighted by atomic mass is 32.2. The number of aryl methyl sites for hydroxylation is 1. The summed E-state index contributed by atoms with van der Waals surface area (Å²) >= 11 is 1.52. The predicted molar refractivity (Wildman–Crippen MR) is 113 cm³/mol. The van der Waals surface area contributed by atoms with Gasteiger partial charge in [-0.1, -0.05) is 44.1 Å². The molecule has 0 unspecified atom stereocenters. The van der Waals surface area contributed by atoms with Crippen molar-refractivity contribution in [2.75, 3.05) is 14.1 Å². The summed E-state index contributed by atoms with van der Waals surface area (Å²) in [4.78, 5) is 9.37. The van der Waals surface area contributed by atoms with Crippen molar-refractivity contribution < 1.29 is 12.9 Å². The van der Waals surface area contributed by atoms with Crippen LogP contribution in [0.1, 0.15) is 51.2 Å². The summed E-state index contributed by atoms with van der Waals surface area (Å²) in [5.41, 5.74) is 1.59. The van der Waals surface area contributed by atoms with Crippen LogP contribution < -0.4 is 0 Å². The van der Waals surface area contributed by atoms with Gasteiger partial charge in [-0.15, -0.1) is 0 Å². The first-order valence-electron chi connectivity index (χ1n) is 9.62. The zero-order valence-corrected chi connectivity index (χ0v) is 19.0. The first-order chi connectivity index (χ1) is 13.7. The molecule has 0 aliphatic carbocycles. The number of benzene rings is 1. The molecule has 29 heavy (non-hydrogen) atoms. The Morgan fingerprint density at radius 1 is 1.24 bits per heavy atom. The Morgan fingerprint density at radius 3 is 2.62 bits per heavy atom. The van der Waals surface area contributed by atoms with Crippen LogP contribution in [0.15, 0.2) is 32.8 Å². The van der Waals surface area contributed by atoms with Crippen LogP contribution in [0.4, 0.5) is 0 Å². The van der Waals surface area contributed by atoms with Gasteiger partial charge in [0.15, 0.2) is 11.0 Å². The number of imidazole rings is 1. The smallest absolute Gasteiger partial charge is 0.242 e. The number of aromatic nitrogens is 4. The average molecular weight is 438 g/mol. The molecule has 0 aliphatic heterocycles. The third-order valence-corrected chi connectivity index (χ3v) is 7.30. The van der Waals surface area contributed by atoms with Crippen molar-refractivity contribution in [2.45, 2.75) is 61.9 Å². The largest absolute Gasteiger partial charge is 0.338 e. The average Bonchev–Trinajstić information content (AvgIpc) is 3.28. The van der Waals surface area contributed by atoms with Crippen molar-refractivity contribution in [3.05, 3.63) is 29.9 Å². The van der Waals surface area contributed by atoms with Crippen molar-refractivity contribution in [2.24, 2.45) is 0 Å². The first kappa shape index (κ1) is 21.8. The molecule has 0 aliphatic rings. The van der Waals surface area contributed by atoms with E-state index in [1.165, 1.54) is 30.2 Å². The van der Waals surface area contributed by atoms with Crippen molar-refractivity contribution in [1.82, 2.24) is 24.0 Å². The Bertz CT molecular complexity index is 1090. The summed E-state index contributed by atoms with van der Waals surface area (Å²) < 4.78 is 33.6. The number of rotatable bonds is 9. The SMILES string of the molecule is CCCCn1c(SCc2nc(C(C)C)no2)nc2cc(S(=O)(=O)N(C)C)ccc21. The lowest BCUT2D eigenvalue weighted by Gasteiger charge is -2.11. The third kappa shape index (κ3) is 4.65. The maximum Gasteiger partial charge on any atom is 0.242 e. The number of unbranched alkanes of at least 4 members (excludes halogenated alkanes) is 1. The van der Waals surface area contributed by atoms with E-state index in [1.807, 2.05) is 19.9 Å². The fraction of sp³-hybridized carbons (Fsp3) is 0.526. The summed E-state index contributed by atoms with van der Waals surface area (Å²) in [6.07, 6.45) is 2.06. The van der Waals surface area contributed by atoms with Crippen LogP contribution in [-0.2, 0) is 22.3 Å². The lowest BCUT2D eigenvalue weighted by molar-refractivity contribution is 0.382. The molecule has 0 bridgehead atoms. The summed E-state index contributed by atoms with van der Waals surface area (Å²) in [6.45, 7) is 6.99. The Labute approximate surface area is 175 Å². The van der Waals surface area contributed by atoms with E-state index in [1.54, 1.807) is 12.1 Å². The van der Waals surface area contributed by atoms with Gasteiger partial charge in [-0.2, -0.15) is 4.98 Å². The number of hydrogen-bond donors (Lipinski definition) is 0. The van der Waals surface area contributed by atoms with Crippen LogP contribution in [0.5, 0.6) is 0 Å². The van der Waals surface area contributed by atoms with Crippen molar-refractivity contribution in [1.29, 1.82) is 0 Å².